The smallest absolute Gasteiger partial charge is 0.264 e. The number of aryl methyl sites for hydroxylation is 2. The van der Waals surface area contributed by atoms with Crippen molar-refractivity contribution in [3.05, 3.63) is 21.4 Å². The summed E-state index contributed by atoms with van der Waals surface area (Å²) in [5.41, 5.74) is 1.31. The Balaban J connectivity index is 1.49. The lowest BCUT2D eigenvalue weighted by atomic mass is 9.83. The molecule has 1 aliphatic carbocycles. The van der Waals surface area contributed by atoms with Crippen LogP contribution in [0.5, 0.6) is 0 Å². The Labute approximate surface area is 146 Å². The molecule has 2 aliphatic heterocycles. The lowest BCUT2D eigenvalue weighted by Crippen LogP contribution is -2.68. The zero-order valence-electron chi connectivity index (χ0n) is 13.9. The minimum atomic E-state index is -3.15. The van der Waals surface area contributed by atoms with Crippen molar-refractivity contribution in [2.75, 3.05) is 32.1 Å². The first-order valence-corrected chi connectivity index (χ1v) is 11.1. The highest BCUT2D eigenvalue weighted by Crippen LogP contribution is 2.45. The zero-order valence-corrected chi connectivity index (χ0v) is 15.5. The fourth-order valence-corrected chi connectivity index (χ4v) is 7.92. The van der Waals surface area contributed by atoms with Gasteiger partial charge in [0.15, 0.2) is 9.84 Å². The molecule has 1 aromatic rings. The maximum atomic E-state index is 12.7. The van der Waals surface area contributed by atoms with Crippen molar-refractivity contribution in [3.8, 4) is 0 Å². The van der Waals surface area contributed by atoms with Crippen LogP contribution < -0.4 is 0 Å². The molecule has 0 N–H and O–H groups in total. The van der Waals surface area contributed by atoms with Crippen molar-refractivity contribution in [2.45, 2.75) is 37.4 Å². The molecule has 1 atom stereocenters. The largest absolute Gasteiger partial charge is 0.381 e. The van der Waals surface area contributed by atoms with Gasteiger partial charge in [-0.3, -0.25) is 4.79 Å². The van der Waals surface area contributed by atoms with Gasteiger partial charge in [0.05, 0.1) is 17.2 Å². The fraction of sp³-hybridized carbons (Fsp3) is 0.706. The van der Waals surface area contributed by atoms with Crippen LogP contribution in [0.15, 0.2) is 6.07 Å². The lowest BCUT2D eigenvalue weighted by molar-refractivity contribution is 0.0274. The lowest BCUT2D eigenvalue weighted by Gasteiger charge is -2.49. The maximum absolute atomic E-state index is 12.7. The van der Waals surface area contributed by atoms with Gasteiger partial charge in [-0.2, -0.15) is 0 Å². The number of likely N-dealkylation sites (tertiary alicyclic amines) is 1. The van der Waals surface area contributed by atoms with Crippen molar-refractivity contribution < 1.29 is 17.9 Å². The van der Waals surface area contributed by atoms with E-state index < -0.39 is 14.6 Å². The maximum Gasteiger partial charge on any atom is 0.264 e. The summed E-state index contributed by atoms with van der Waals surface area (Å²) in [5, 5.41) is 0. The standard InChI is InChI=1S/C17H23NO4S2/c1-2-22-9-13-6-7-24(20,21)17(13)10-18(11-17)16(19)15-8-12-4-3-5-14(12)23-15/h8,13H,2-7,9-11H2,1H3. The van der Waals surface area contributed by atoms with Gasteiger partial charge in [0, 0.05) is 30.5 Å². The Morgan fingerprint density at radius 3 is 2.92 bits per heavy atom. The van der Waals surface area contributed by atoms with Gasteiger partial charge >= 0.3 is 0 Å². The summed E-state index contributed by atoms with van der Waals surface area (Å²) in [6.45, 7) is 3.65. The van der Waals surface area contributed by atoms with Crippen molar-refractivity contribution in [3.63, 3.8) is 0 Å². The van der Waals surface area contributed by atoms with Gasteiger partial charge in [-0.25, -0.2) is 8.42 Å². The minimum Gasteiger partial charge on any atom is -0.381 e. The van der Waals surface area contributed by atoms with Crippen molar-refractivity contribution >= 4 is 27.1 Å². The highest BCUT2D eigenvalue weighted by atomic mass is 32.2. The SMILES string of the molecule is CCOCC1CCS(=O)(=O)C12CN(C(=O)c1cc3c(s1)CCC3)C2. The second kappa shape index (κ2) is 5.81. The van der Waals surface area contributed by atoms with Crippen LogP contribution in [0.2, 0.25) is 0 Å². The van der Waals surface area contributed by atoms with E-state index in [1.54, 1.807) is 16.2 Å². The Morgan fingerprint density at radius 2 is 2.21 bits per heavy atom. The van der Waals surface area contributed by atoms with Crippen LogP contribution in [0.3, 0.4) is 0 Å². The summed E-state index contributed by atoms with van der Waals surface area (Å²) in [5.74, 6) is 0.234. The normalized spacial score (nSPS) is 26.5. The van der Waals surface area contributed by atoms with E-state index in [-0.39, 0.29) is 17.6 Å². The molecule has 132 valence electrons. The Morgan fingerprint density at radius 1 is 1.42 bits per heavy atom. The van der Waals surface area contributed by atoms with Crippen molar-refractivity contribution in [1.82, 2.24) is 4.90 Å². The van der Waals surface area contributed by atoms with Crippen LogP contribution in [0.1, 0.15) is 39.9 Å². The number of rotatable bonds is 4. The molecule has 3 aliphatic rings. The number of amides is 1. The molecule has 0 saturated carbocycles. The number of thiophene rings is 1. The highest BCUT2D eigenvalue weighted by Gasteiger charge is 2.62. The minimum absolute atomic E-state index is 0.00251. The van der Waals surface area contributed by atoms with Crippen LogP contribution in [0.4, 0.5) is 0 Å². The molecule has 1 unspecified atom stereocenters. The predicted molar refractivity (Wildman–Crippen MR) is 93.4 cm³/mol. The summed E-state index contributed by atoms with van der Waals surface area (Å²) in [6, 6.07) is 2.02. The number of fused-ring (bicyclic) bond motifs is 1. The molecule has 2 fully saturated rings. The third kappa shape index (κ3) is 2.35. The van der Waals surface area contributed by atoms with Crippen molar-refractivity contribution in [1.29, 1.82) is 0 Å². The summed E-state index contributed by atoms with van der Waals surface area (Å²) in [7, 11) is -3.15. The Bertz CT molecular complexity index is 740. The summed E-state index contributed by atoms with van der Waals surface area (Å²) in [4.78, 5) is 16.5. The fourth-order valence-electron chi connectivity index (χ4n) is 4.30. The topological polar surface area (TPSA) is 63.7 Å². The Kier molecular flexibility index (Phi) is 4.01. The number of hydrogen-bond donors (Lipinski definition) is 0. The second-order valence-electron chi connectivity index (χ2n) is 7.10. The predicted octanol–water partition coefficient (Wildman–Crippen LogP) is 1.90. The van der Waals surface area contributed by atoms with Crippen LogP contribution in [0, 0.1) is 5.92 Å². The van der Waals surface area contributed by atoms with Gasteiger partial charge in [0.2, 0.25) is 0 Å². The average Bonchev–Trinajstić information content (AvgIpc) is 3.14. The molecule has 1 spiro atoms. The number of ether oxygens (including phenoxy) is 1. The zero-order chi connectivity index (χ0) is 16.9. The second-order valence-corrected chi connectivity index (χ2v) is 10.7. The van der Waals surface area contributed by atoms with Gasteiger partial charge in [0.25, 0.3) is 5.91 Å². The molecule has 5 nitrogen and oxygen atoms in total. The number of carbonyl (C=O) groups is 1. The van der Waals surface area contributed by atoms with Gasteiger partial charge in [-0.05, 0) is 44.2 Å². The molecule has 4 rings (SSSR count). The van der Waals surface area contributed by atoms with Gasteiger partial charge in [-0.15, -0.1) is 11.3 Å². The summed E-state index contributed by atoms with van der Waals surface area (Å²) >= 11 is 1.59. The molecule has 3 heterocycles. The van der Waals surface area contributed by atoms with Crippen LogP contribution in [0.25, 0.3) is 0 Å². The third-order valence-electron chi connectivity index (χ3n) is 5.78. The molecule has 7 heteroatoms. The van der Waals surface area contributed by atoms with Gasteiger partial charge in [-0.1, -0.05) is 0 Å². The first-order chi connectivity index (χ1) is 11.5. The molecule has 24 heavy (non-hydrogen) atoms. The van der Waals surface area contributed by atoms with E-state index in [2.05, 4.69) is 0 Å². The van der Waals surface area contributed by atoms with E-state index >= 15 is 0 Å². The molecule has 2 saturated heterocycles. The molecule has 0 bridgehead atoms. The third-order valence-corrected chi connectivity index (χ3v) is 9.61. The number of sulfone groups is 1. The quantitative estimate of drug-likeness (QED) is 0.813. The van der Waals surface area contributed by atoms with E-state index in [1.807, 2.05) is 13.0 Å². The molecular formula is C17H23NO4S2. The highest BCUT2D eigenvalue weighted by molar-refractivity contribution is 7.93. The summed E-state index contributed by atoms with van der Waals surface area (Å²) in [6.07, 6.45) is 3.97. The average molecular weight is 370 g/mol. The van der Waals surface area contributed by atoms with E-state index in [4.69, 9.17) is 4.74 Å². The van der Waals surface area contributed by atoms with E-state index in [0.717, 1.165) is 17.7 Å². The van der Waals surface area contributed by atoms with Gasteiger partial charge in [0.1, 0.15) is 4.75 Å². The number of nitrogens with zero attached hydrogens (tertiary/aromatic N) is 1. The van der Waals surface area contributed by atoms with Crippen LogP contribution in [-0.4, -0.2) is 56.0 Å². The first kappa shape index (κ1) is 16.5. The van der Waals surface area contributed by atoms with E-state index in [0.29, 0.717) is 32.7 Å². The molecule has 1 amide bonds. The van der Waals surface area contributed by atoms with Crippen LogP contribution in [-0.2, 0) is 27.4 Å². The molecule has 0 radical (unpaired) electrons. The van der Waals surface area contributed by atoms with Gasteiger partial charge < -0.3 is 9.64 Å². The number of carbonyl (C=O) groups excluding carboxylic acids is 1. The molecule has 0 aromatic carbocycles. The molecular weight excluding hydrogens is 346 g/mol. The first-order valence-electron chi connectivity index (χ1n) is 8.68. The summed E-state index contributed by atoms with van der Waals surface area (Å²) < 4.78 is 29.9. The van der Waals surface area contributed by atoms with E-state index in [9.17, 15) is 13.2 Å². The van der Waals surface area contributed by atoms with Crippen LogP contribution >= 0.6 is 11.3 Å². The van der Waals surface area contributed by atoms with Crippen molar-refractivity contribution in [2.24, 2.45) is 5.92 Å². The van der Waals surface area contributed by atoms with E-state index in [1.165, 1.54) is 16.9 Å². The Hall–Kier alpha value is -0.920. The number of hydrogen-bond acceptors (Lipinski definition) is 5. The monoisotopic (exact) mass is 369 g/mol. The molecule has 1 aromatic heterocycles.